The summed E-state index contributed by atoms with van der Waals surface area (Å²) in [6.07, 6.45) is 4.55. The Morgan fingerprint density at radius 2 is 2.13 bits per heavy atom. The van der Waals surface area contributed by atoms with Gasteiger partial charge in [-0.05, 0) is 37.6 Å². The fraction of sp³-hybridized carbons (Fsp3) is 0.412. The number of nitrogens with zero attached hydrogens (tertiary/aromatic N) is 2. The second kappa shape index (κ2) is 6.83. The number of hydrogen-bond donors (Lipinski definition) is 0. The second-order valence-corrected chi connectivity index (χ2v) is 5.58. The zero-order valence-corrected chi connectivity index (χ0v) is 13.3. The summed E-state index contributed by atoms with van der Waals surface area (Å²) in [6.45, 7) is 3.80. The van der Waals surface area contributed by atoms with E-state index >= 15 is 0 Å². The molecule has 1 aliphatic heterocycles. The van der Waals surface area contributed by atoms with Crippen molar-refractivity contribution in [1.82, 2.24) is 9.88 Å². The molecule has 0 radical (unpaired) electrons. The number of aromatic nitrogens is 1. The Balaban J connectivity index is 1.60. The molecule has 3 rings (SSSR count). The maximum atomic E-state index is 11.5. The third-order valence-corrected chi connectivity index (χ3v) is 4.10. The van der Waals surface area contributed by atoms with Crippen LogP contribution in [0.4, 0.5) is 0 Å². The van der Waals surface area contributed by atoms with E-state index in [9.17, 15) is 4.79 Å². The van der Waals surface area contributed by atoms with Crippen molar-refractivity contribution in [2.24, 2.45) is 0 Å². The highest BCUT2D eigenvalue weighted by atomic mass is 16.5. The van der Waals surface area contributed by atoms with Gasteiger partial charge in [0, 0.05) is 25.5 Å². The van der Waals surface area contributed by atoms with E-state index in [1.165, 1.54) is 7.11 Å². The summed E-state index contributed by atoms with van der Waals surface area (Å²) in [5, 5.41) is 0. The van der Waals surface area contributed by atoms with Crippen LogP contribution in [0.3, 0.4) is 0 Å². The highest BCUT2D eigenvalue weighted by Crippen LogP contribution is 2.28. The van der Waals surface area contributed by atoms with E-state index in [0.29, 0.717) is 0 Å². The fourth-order valence-corrected chi connectivity index (χ4v) is 2.78. The summed E-state index contributed by atoms with van der Waals surface area (Å²) < 4.78 is 16.2. The first-order valence-electron chi connectivity index (χ1n) is 7.66. The Bertz CT molecular complexity index is 656. The number of rotatable bonds is 5. The van der Waals surface area contributed by atoms with Gasteiger partial charge in [-0.3, -0.25) is 9.88 Å². The highest BCUT2D eigenvalue weighted by molar-refractivity contribution is 5.86. The standard InChI is InChI=1S/C17H20N2O4/c1-12(15-3-4-16(23-15)17(20)21-2)19-10-7-14(11-19)22-13-5-8-18-9-6-13/h3-6,8-9,12,14H,7,10-11H2,1-2H3. The van der Waals surface area contributed by atoms with E-state index in [1.807, 2.05) is 18.2 Å². The van der Waals surface area contributed by atoms with Gasteiger partial charge in [0.2, 0.25) is 5.76 Å². The van der Waals surface area contributed by atoms with Crippen molar-refractivity contribution < 1.29 is 18.7 Å². The molecule has 0 aliphatic carbocycles. The van der Waals surface area contributed by atoms with Gasteiger partial charge in [0.15, 0.2) is 0 Å². The molecule has 2 atom stereocenters. The maximum absolute atomic E-state index is 11.5. The van der Waals surface area contributed by atoms with Crippen LogP contribution in [-0.4, -0.2) is 42.2 Å². The fourth-order valence-electron chi connectivity index (χ4n) is 2.78. The molecule has 0 amide bonds. The van der Waals surface area contributed by atoms with Crippen molar-refractivity contribution in [3.05, 3.63) is 48.2 Å². The molecule has 6 nitrogen and oxygen atoms in total. The smallest absolute Gasteiger partial charge is 0.373 e. The van der Waals surface area contributed by atoms with Crippen molar-refractivity contribution in [3.8, 4) is 5.75 Å². The minimum absolute atomic E-state index is 0.0828. The van der Waals surface area contributed by atoms with E-state index in [2.05, 4.69) is 21.5 Å². The molecule has 1 saturated heterocycles. The number of carbonyl (C=O) groups is 1. The predicted octanol–water partition coefficient (Wildman–Crippen LogP) is 2.68. The Labute approximate surface area is 135 Å². The van der Waals surface area contributed by atoms with Gasteiger partial charge in [-0.1, -0.05) is 0 Å². The van der Waals surface area contributed by atoms with Crippen LogP contribution < -0.4 is 4.74 Å². The molecule has 1 fully saturated rings. The van der Waals surface area contributed by atoms with Crippen LogP contribution in [0.2, 0.25) is 0 Å². The summed E-state index contributed by atoms with van der Waals surface area (Å²) in [5.74, 6) is 1.38. The molecule has 6 heteroatoms. The topological polar surface area (TPSA) is 64.8 Å². The van der Waals surface area contributed by atoms with Gasteiger partial charge in [-0.2, -0.15) is 0 Å². The predicted molar refractivity (Wildman–Crippen MR) is 83.3 cm³/mol. The van der Waals surface area contributed by atoms with Crippen LogP contribution >= 0.6 is 0 Å². The van der Waals surface area contributed by atoms with Crippen molar-refractivity contribution in [3.63, 3.8) is 0 Å². The van der Waals surface area contributed by atoms with Gasteiger partial charge < -0.3 is 13.9 Å². The number of esters is 1. The highest BCUT2D eigenvalue weighted by Gasteiger charge is 2.30. The van der Waals surface area contributed by atoms with Crippen LogP contribution in [0.1, 0.15) is 35.7 Å². The zero-order chi connectivity index (χ0) is 16.2. The molecule has 1 aliphatic rings. The summed E-state index contributed by atoms with van der Waals surface area (Å²) >= 11 is 0. The molecule has 23 heavy (non-hydrogen) atoms. The molecule has 0 spiro atoms. The average molecular weight is 316 g/mol. The molecule has 0 saturated carbocycles. The maximum Gasteiger partial charge on any atom is 0.373 e. The first-order chi connectivity index (χ1) is 11.2. The van der Waals surface area contributed by atoms with E-state index < -0.39 is 5.97 Å². The molecule has 2 aromatic heterocycles. The average Bonchev–Trinajstić information content (AvgIpc) is 3.24. The molecule has 122 valence electrons. The van der Waals surface area contributed by atoms with Crippen molar-refractivity contribution in [1.29, 1.82) is 0 Å². The van der Waals surface area contributed by atoms with Crippen LogP contribution in [0.5, 0.6) is 5.75 Å². The Hall–Kier alpha value is -2.34. The number of hydrogen-bond acceptors (Lipinski definition) is 6. The summed E-state index contributed by atoms with van der Waals surface area (Å²) in [6, 6.07) is 7.29. The zero-order valence-electron chi connectivity index (χ0n) is 13.3. The van der Waals surface area contributed by atoms with E-state index in [4.69, 9.17) is 9.15 Å². The lowest BCUT2D eigenvalue weighted by atomic mass is 10.2. The normalized spacial score (nSPS) is 19.5. The van der Waals surface area contributed by atoms with Gasteiger partial charge in [-0.25, -0.2) is 4.79 Å². The van der Waals surface area contributed by atoms with Crippen LogP contribution in [0, 0.1) is 0 Å². The lowest BCUT2D eigenvalue weighted by molar-refractivity contribution is 0.0559. The number of ether oxygens (including phenoxy) is 2. The van der Waals surface area contributed by atoms with Gasteiger partial charge in [0.25, 0.3) is 0 Å². The number of pyridine rings is 1. The quantitative estimate of drug-likeness (QED) is 0.790. The third-order valence-electron chi connectivity index (χ3n) is 4.10. The van der Waals surface area contributed by atoms with Crippen LogP contribution in [0.25, 0.3) is 0 Å². The summed E-state index contributed by atoms with van der Waals surface area (Å²) in [7, 11) is 1.34. The molecular formula is C17H20N2O4. The minimum atomic E-state index is -0.455. The van der Waals surface area contributed by atoms with Crippen LogP contribution in [-0.2, 0) is 4.74 Å². The van der Waals surface area contributed by atoms with Gasteiger partial charge in [-0.15, -0.1) is 0 Å². The largest absolute Gasteiger partial charge is 0.489 e. The molecule has 2 unspecified atom stereocenters. The van der Waals surface area contributed by atoms with E-state index in [0.717, 1.165) is 31.0 Å². The first kappa shape index (κ1) is 15.6. The third kappa shape index (κ3) is 3.53. The summed E-state index contributed by atoms with van der Waals surface area (Å²) in [5.41, 5.74) is 0. The van der Waals surface area contributed by atoms with Gasteiger partial charge >= 0.3 is 5.97 Å². The molecule has 2 aromatic rings. The molecule has 0 N–H and O–H groups in total. The first-order valence-corrected chi connectivity index (χ1v) is 7.66. The lowest BCUT2D eigenvalue weighted by Gasteiger charge is -2.22. The van der Waals surface area contributed by atoms with Gasteiger partial charge in [0.05, 0.1) is 13.2 Å². The monoisotopic (exact) mass is 316 g/mol. The molecule has 0 aromatic carbocycles. The lowest BCUT2D eigenvalue weighted by Crippen LogP contribution is -2.27. The van der Waals surface area contributed by atoms with Crippen molar-refractivity contribution in [2.45, 2.75) is 25.5 Å². The number of carbonyl (C=O) groups excluding carboxylic acids is 1. The van der Waals surface area contributed by atoms with E-state index in [-0.39, 0.29) is 17.9 Å². The SMILES string of the molecule is COC(=O)c1ccc(C(C)N2CCC(Oc3ccncc3)C2)o1. The van der Waals surface area contributed by atoms with Crippen molar-refractivity contribution >= 4 is 5.97 Å². The number of furan rings is 1. The summed E-state index contributed by atoms with van der Waals surface area (Å²) in [4.78, 5) is 17.7. The Morgan fingerprint density at radius 3 is 2.87 bits per heavy atom. The van der Waals surface area contributed by atoms with E-state index in [1.54, 1.807) is 18.5 Å². The minimum Gasteiger partial charge on any atom is -0.489 e. The number of methoxy groups -OCH3 is 1. The molecule has 0 bridgehead atoms. The molecule has 3 heterocycles. The Morgan fingerprint density at radius 1 is 1.35 bits per heavy atom. The Kier molecular flexibility index (Phi) is 4.62. The molecular weight excluding hydrogens is 296 g/mol. The van der Waals surface area contributed by atoms with Crippen molar-refractivity contribution in [2.75, 3.05) is 20.2 Å². The number of likely N-dealkylation sites (tertiary alicyclic amines) is 1. The second-order valence-electron chi connectivity index (χ2n) is 5.58. The van der Waals surface area contributed by atoms with Gasteiger partial charge in [0.1, 0.15) is 17.6 Å². The van der Waals surface area contributed by atoms with Crippen LogP contribution in [0.15, 0.2) is 41.1 Å².